The molecule has 0 aromatic rings. The summed E-state index contributed by atoms with van der Waals surface area (Å²) in [6.45, 7) is 6.13. The molecule has 0 aliphatic heterocycles. The van der Waals surface area contributed by atoms with Gasteiger partial charge >= 0.3 is 0 Å². The van der Waals surface area contributed by atoms with Crippen molar-refractivity contribution in [2.75, 3.05) is 0 Å². The molecule has 3 heteroatoms. The molecular weight excluding hydrogens is 266 g/mol. The van der Waals surface area contributed by atoms with Crippen LogP contribution < -0.4 is 5.73 Å². The maximum absolute atomic E-state index is 10.7. The van der Waals surface area contributed by atoms with E-state index in [0.717, 1.165) is 11.9 Å². The van der Waals surface area contributed by atoms with E-state index >= 15 is 0 Å². The van der Waals surface area contributed by atoms with Gasteiger partial charge in [-0.15, -0.1) is 0 Å². The molecule has 0 aromatic heterocycles. The Kier molecular flexibility index (Phi) is 3.92. The summed E-state index contributed by atoms with van der Waals surface area (Å²) in [6.07, 6.45) is 10.4. The Balaban J connectivity index is 3.40. The molecular formula is C13H18BrNO. The summed E-state index contributed by atoms with van der Waals surface area (Å²) in [5.41, 5.74) is 6.68. The van der Waals surface area contributed by atoms with E-state index in [9.17, 15) is 4.79 Å². The van der Waals surface area contributed by atoms with E-state index < -0.39 is 0 Å². The zero-order valence-corrected chi connectivity index (χ0v) is 11.5. The first-order valence-corrected chi connectivity index (χ1v) is 6.12. The van der Waals surface area contributed by atoms with Crippen molar-refractivity contribution in [3.05, 3.63) is 36.0 Å². The van der Waals surface area contributed by atoms with Gasteiger partial charge in [-0.2, -0.15) is 0 Å². The Morgan fingerprint density at radius 2 is 2.12 bits per heavy atom. The number of allylic oxidation sites excluding steroid dienone is 4. The van der Waals surface area contributed by atoms with Crippen LogP contribution in [-0.4, -0.2) is 16.7 Å². The molecule has 1 rings (SSSR count). The number of carbonyl (C=O) groups is 1. The lowest BCUT2D eigenvalue weighted by atomic mass is 9.66. The van der Waals surface area contributed by atoms with Gasteiger partial charge in [0, 0.05) is 11.5 Å². The molecule has 2 N–H and O–H groups in total. The van der Waals surface area contributed by atoms with E-state index in [4.69, 9.17) is 5.73 Å². The Bertz CT molecular complexity index is 368. The second kappa shape index (κ2) is 4.68. The standard InChI is InChI=1S/C13H18BrNO/c1-4-7-12(2)10(6-9-16)11(15)5-8-13(12,3)14/h4-9,11H,15H2,1-3H3/b7-4-,10-6-. The van der Waals surface area contributed by atoms with Gasteiger partial charge in [-0.3, -0.25) is 4.79 Å². The van der Waals surface area contributed by atoms with E-state index in [1.54, 1.807) is 6.08 Å². The van der Waals surface area contributed by atoms with Crippen LogP contribution in [0.1, 0.15) is 20.8 Å². The highest BCUT2D eigenvalue weighted by Gasteiger charge is 2.45. The topological polar surface area (TPSA) is 43.1 Å². The number of hydrogen-bond donors (Lipinski definition) is 1. The fourth-order valence-corrected chi connectivity index (χ4v) is 2.65. The average Bonchev–Trinajstić information content (AvgIpc) is 2.21. The first-order chi connectivity index (χ1) is 7.39. The smallest absolute Gasteiger partial charge is 0.142 e. The number of nitrogens with two attached hydrogens (primary N) is 1. The second-order valence-electron chi connectivity index (χ2n) is 4.42. The number of alkyl halides is 1. The lowest BCUT2D eigenvalue weighted by molar-refractivity contribution is -0.104. The summed E-state index contributed by atoms with van der Waals surface area (Å²) in [6, 6.07) is -0.197. The summed E-state index contributed by atoms with van der Waals surface area (Å²) < 4.78 is -0.225. The summed E-state index contributed by atoms with van der Waals surface area (Å²) in [7, 11) is 0. The van der Waals surface area contributed by atoms with Gasteiger partial charge in [-0.1, -0.05) is 47.2 Å². The van der Waals surface area contributed by atoms with Gasteiger partial charge < -0.3 is 5.73 Å². The van der Waals surface area contributed by atoms with Crippen molar-refractivity contribution in [2.24, 2.45) is 11.1 Å². The van der Waals surface area contributed by atoms with Crippen molar-refractivity contribution in [1.82, 2.24) is 0 Å². The van der Waals surface area contributed by atoms with Crippen LogP contribution in [0.4, 0.5) is 0 Å². The summed E-state index contributed by atoms with van der Waals surface area (Å²) >= 11 is 3.70. The van der Waals surface area contributed by atoms with Crippen LogP contribution in [0.15, 0.2) is 36.0 Å². The summed E-state index contributed by atoms with van der Waals surface area (Å²) in [4.78, 5) is 10.7. The van der Waals surface area contributed by atoms with Crippen molar-refractivity contribution in [2.45, 2.75) is 31.1 Å². The average molecular weight is 284 g/mol. The van der Waals surface area contributed by atoms with E-state index in [-0.39, 0.29) is 15.8 Å². The monoisotopic (exact) mass is 283 g/mol. The number of halogens is 1. The largest absolute Gasteiger partial charge is 0.321 e. The van der Waals surface area contributed by atoms with Crippen LogP contribution in [0.2, 0.25) is 0 Å². The summed E-state index contributed by atoms with van der Waals surface area (Å²) in [5, 5.41) is 0. The van der Waals surface area contributed by atoms with Gasteiger partial charge in [0.25, 0.3) is 0 Å². The minimum atomic E-state index is -0.281. The second-order valence-corrected chi connectivity index (χ2v) is 6.07. The van der Waals surface area contributed by atoms with Crippen LogP contribution in [0.25, 0.3) is 0 Å². The maximum Gasteiger partial charge on any atom is 0.142 e. The molecule has 0 radical (unpaired) electrons. The highest BCUT2D eigenvalue weighted by molar-refractivity contribution is 9.10. The van der Waals surface area contributed by atoms with Crippen molar-refractivity contribution >= 4 is 22.2 Å². The molecule has 1 aliphatic carbocycles. The molecule has 3 atom stereocenters. The molecule has 0 amide bonds. The number of hydrogen-bond acceptors (Lipinski definition) is 2. The third-order valence-electron chi connectivity index (χ3n) is 3.34. The first kappa shape index (κ1) is 13.4. The normalized spacial score (nSPS) is 41.8. The van der Waals surface area contributed by atoms with Crippen molar-refractivity contribution < 1.29 is 4.79 Å². The maximum atomic E-state index is 10.7. The van der Waals surface area contributed by atoms with Crippen LogP contribution >= 0.6 is 15.9 Å². The minimum Gasteiger partial charge on any atom is -0.321 e. The van der Waals surface area contributed by atoms with Crippen molar-refractivity contribution in [3.8, 4) is 0 Å². The van der Waals surface area contributed by atoms with Gasteiger partial charge in [0.05, 0.1) is 4.32 Å². The first-order valence-electron chi connectivity index (χ1n) is 5.32. The van der Waals surface area contributed by atoms with Gasteiger partial charge in [0.1, 0.15) is 6.29 Å². The Hall–Kier alpha value is -0.670. The SMILES string of the molecule is C/C=C\C1(C)/C(=C\C=O)C(N)C=CC1(C)Br. The number of rotatable bonds is 2. The molecule has 88 valence electrons. The van der Waals surface area contributed by atoms with Gasteiger partial charge in [0.15, 0.2) is 0 Å². The van der Waals surface area contributed by atoms with Crippen LogP contribution in [0.5, 0.6) is 0 Å². The fraction of sp³-hybridized carbons (Fsp3) is 0.462. The van der Waals surface area contributed by atoms with Gasteiger partial charge in [-0.25, -0.2) is 0 Å². The Morgan fingerprint density at radius 3 is 2.62 bits per heavy atom. The van der Waals surface area contributed by atoms with E-state index in [0.29, 0.717) is 0 Å². The van der Waals surface area contributed by atoms with E-state index in [1.807, 2.05) is 19.1 Å². The zero-order chi connectivity index (χ0) is 12.4. The third-order valence-corrected chi connectivity index (χ3v) is 4.43. The van der Waals surface area contributed by atoms with E-state index in [2.05, 4.69) is 41.9 Å². The predicted molar refractivity (Wildman–Crippen MR) is 71.5 cm³/mol. The van der Waals surface area contributed by atoms with Crippen LogP contribution in [-0.2, 0) is 4.79 Å². The Morgan fingerprint density at radius 1 is 1.50 bits per heavy atom. The molecule has 2 nitrogen and oxygen atoms in total. The minimum absolute atomic E-state index is 0.197. The molecule has 16 heavy (non-hydrogen) atoms. The van der Waals surface area contributed by atoms with Gasteiger partial charge in [-0.05, 0) is 25.5 Å². The number of aldehydes is 1. The fourth-order valence-electron chi connectivity index (χ4n) is 2.14. The molecule has 0 bridgehead atoms. The molecule has 0 aromatic carbocycles. The highest BCUT2D eigenvalue weighted by Crippen LogP contribution is 2.50. The van der Waals surface area contributed by atoms with Crippen molar-refractivity contribution in [1.29, 1.82) is 0 Å². The van der Waals surface area contributed by atoms with Crippen LogP contribution in [0.3, 0.4) is 0 Å². The third kappa shape index (κ3) is 2.06. The molecule has 0 saturated heterocycles. The highest BCUT2D eigenvalue weighted by atomic mass is 79.9. The molecule has 0 saturated carbocycles. The summed E-state index contributed by atoms with van der Waals surface area (Å²) in [5.74, 6) is 0. The van der Waals surface area contributed by atoms with Crippen molar-refractivity contribution in [3.63, 3.8) is 0 Å². The Labute approximate surface area is 105 Å². The molecule has 0 spiro atoms. The zero-order valence-electron chi connectivity index (χ0n) is 9.91. The van der Waals surface area contributed by atoms with Gasteiger partial charge in [0.2, 0.25) is 0 Å². The quantitative estimate of drug-likeness (QED) is 0.367. The lowest BCUT2D eigenvalue weighted by Gasteiger charge is -2.45. The molecule has 0 heterocycles. The molecule has 3 unspecified atom stereocenters. The molecule has 0 fully saturated rings. The lowest BCUT2D eigenvalue weighted by Crippen LogP contribution is -2.46. The van der Waals surface area contributed by atoms with Crippen LogP contribution in [0, 0.1) is 5.41 Å². The van der Waals surface area contributed by atoms with E-state index in [1.165, 1.54) is 0 Å². The predicted octanol–water partition coefficient (Wildman–Crippen LogP) is 2.74. The number of carbonyl (C=O) groups excluding carboxylic acids is 1. The molecule has 1 aliphatic rings.